The van der Waals surface area contributed by atoms with Crippen LogP contribution in [0.5, 0.6) is 5.75 Å². The normalized spacial score (nSPS) is 15.8. The highest BCUT2D eigenvalue weighted by Crippen LogP contribution is 2.22. The Labute approximate surface area is 134 Å². The lowest BCUT2D eigenvalue weighted by Gasteiger charge is -2.24. The van der Waals surface area contributed by atoms with Gasteiger partial charge < -0.3 is 14.7 Å². The maximum absolute atomic E-state index is 12.1. The van der Waals surface area contributed by atoms with Crippen molar-refractivity contribution in [2.45, 2.75) is 32.1 Å². The molecule has 1 fully saturated rings. The summed E-state index contributed by atoms with van der Waals surface area (Å²) in [7, 11) is 0. The zero-order valence-corrected chi connectivity index (χ0v) is 13.1. The molecule has 0 spiro atoms. The maximum atomic E-state index is 12.1. The van der Waals surface area contributed by atoms with E-state index in [1.165, 1.54) is 24.6 Å². The van der Waals surface area contributed by atoms with Crippen LogP contribution in [0.25, 0.3) is 0 Å². The van der Waals surface area contributed by atoms with Gasteiger partial charge in [-0.3, -0.25) is 4.79 Å². The fourth-order valence-electron chi connectivity index (χ4n) is 2.46. The van der Waals surface area contributed by atoms with Crippen LogP contribution in [0.2, 0.25) is 5.02 Å². The molecule has 0 aromatic heterocycles. The van der Waals surface area contributed by atoms with Crippen LogP contribution in [-0.4, -0.2) is 41.6 Å². The molecule has 0 radical (unpaired) electrons. The van der Waals surface area contributed by atoms with Crippen LogP contribution in [0.3, 0.4) is 0 Å². The number of likely N-dealkylation sites (tertiary alicyclic amines) is 1. The van der Waals surface area contributed by atoms with Gasteiger partial charge >= 0.3 is 5.97 Å². The van der Waals surface area contributed by atoms with E-state index >= 15 is 0 Å². The first-order valence-electron chi connectivity index (χ1n) is 7.51. The van der Waals surface area contributed by atoms with E-state index in [1.807, 2.05) is 0 Å². The van der Waals surface area contributed by atoms with Crippen LogP contribution in [-0.2, 0) is 9.53 Å². The first-order valence-corrected chi connectivity index (χ1v) is 7.89. The van der Waals surface area contributed by atoms with Gasteiger partial charge in [0.25, 0.3) is 5.91 Å². The molecule has 1 aromatic carbocycles. The van der Waals surface area contributed by atoms with Crippen molar-refractivity contribution in [2.24, 2.45) is 0 Å². The standard InChI is InChI=1S/C16H20ClNO4/c17-12-6-7-14(19)13(10-12)16(21)22-11-15(20)18-8-4-2-1-3-5-9-18/h6-7,10,19H,1-5,8-9,11H2. The summed E-state index contributed by atoms with van der Waals surface area (Å²) in [5.74, 6) is -1.16. The number of halogens is 1. The number of rotatable bonds is 3. The molecule has 0 saturated carbocycles. The van der Waals surface area contributed by atoms with E-state index in [2.05, 4.69) is 0 Å². The molecule has 0 atom stereocenters. The summed E-state index contributed by atoms with van der Waals surface area (Å²) in [6.45, 7) is 1.10. The van der Waals surface area contributed by atoms with Crippen LogP contribution in [0.15, 0.2) is 18.2 Å². The Balaban J connectivity index is 1.89. The third-order valence-electron chi connectivity index (χ3n) is 3.71. The average molecular weight is 326 g/mol. The number of benzene rings is 1. The summed E-state index contributed by atoms with van der Waals surface area (Å²) in [5.41, 5.74) is -0.0343. The fraction of sp³-hybridized carbons (Fsp3) is 0.500. The van der Waals surface area contributed by atoms with Crippen molar-refractivity contribution >= 4 is 23.5 Å². The molecular weight excluding hydrogens is 306 g/mol. The van der Waals surface area contributed by atoms with Gasteiger partial charge in [0.2, 0.25) is 0 Å². The van der Waals surface area contributed by atoms with Crippen LogP contribution < -0.4 is 0 Å². The molecule has 2 rings (SSSR count). The number of carbonyl (C=O) groups excluding carboxylic acids is 2. The summed E-state index contributed by atoms with van der Waals surface area (Å²) in [4.78, 5) is 25.8. The minimum Gasteiger partial charge on any atom is -0.507 e. The molecule has 6 heteroatoms. The summed E-state index contributed by atoms with van der Waals surface area (Å²) >= 11 is 5.78. The van der Waals surface area contributed by atoms with Gasteiger partial charge in [-0.15, -0.1) is 0 Å². The first kappa shape index (κ1) is 16.6. The monoisotopic (exact) mass is 325 g/mol. The topological polar surface area (TPSA) is 66.8 Å². The minimum atomic E-state index is -0.750. The quantitative estimate of drug-likeness (QED) is 0.867. The number of phenols is 1. The van der Waals surface area contributed by atoms with E-state index in [9.17, 15) is 14.7 Å². The van der Waals surface area contributed by atoms with E-state index in [1.54, 1.807) is 4.90 Å². The Morgan fingerprint density at radius 1 is 1.14 bits per heavy atom. The minimum absolute atomic E-state index is 0.0343. The number of amides is 1. The molecule has 0 bridgehead atoms. The first-order chi connectivity index (χ1) is 10.6. The molecule has 0 unspecified atom stereocenters. The third kappa shape index (κ3) is 4.63. The Kier molecular flexibility index (Phi) is 6.07. The molecule has 5 nitrogen and oxygen atoms in total. The van der Waals surface area contributed by atoms with Gasteiger partial charge in [0.15, 0.2) is 6.61 Å². The lowest BCUT2D eigenvalue weighted by Crippen LogP contribution is -2.36. The highest BCUT2D eigenvalue weighted by molar-refractivity contribution is 6.31. The summed E-state index contributed by atoms with van der Waals surface area (Å²) in [5, 5.41) is 9.95. The van der Waals surface area contributed by atoms with Crippen molar-refractivity contribution < 1.29 is 19.4 Å². The second kappa shape index (κ2) is 8.03. The Hall–Kier alpha value is -1.75. The van der Waals surface area contributed by atoms with Crippen LogP contribution >= 0.6 is 11.6 Å². The number of nitrogens with zero attached hydrogens (tertiary/aromatic N) is 1. The van der Waals surface area contributed by atoms with E-state index in [0.717, 1.165) is 25.7 Å². The van der Waals surface area contributed by atoms with E-state index in [0.29, 0.717) is 18.1 Å². The SMILES string of the molecule is O=C(OCC(=O)N1CCCCCCC1)c1cc(Cl)ccc1O. The second-order valence-electron chi connectivity index (χ2n) is 5.39. The Morgan fingerprint density at radius 2 is 1.77 bits per heavy atom. The van der Waals surface area contributed by atoms with E-state index in [4.69, 9.17) is 16.3 Å². The number of phenolic OH excluding ortho intramolecular Hbond substituents is 1. The molecule has 1 saturated heterocycles. The zero-order valence-electron chi connectivity index (χ0n) is 12.4. The lowest BCUT2D eigenvalue weighted by molar-refractivity contribution is -0.134. The van der Waals surface area contributed by atoms with Crippen molar-refractivity contribution in [2.75, 3.05) is 19.7 Å². The summed E-state index contributed by atoms with van der Waals surface area (Å²) in [6, 6.07) is 4.11. The average Bonchev–Trinajstić information content (AvgIpc) is 2.46. The smallest absolute Gasteiger partial charge is 0.342 e. The summed E-state index contributed by atoms with van der Waals surface area (Å²) in [6.07, 6.45) is 5.43. The van der Waals surface area contributed by atoms with E-state index < -0.39 is 5.97 Å². The second-order valence-corrected chi connectivity index (χ2v) is 5.82. The zero-order chi connectivity index (χ0) is 15.9. The Bertz CT molecular complexity index is 539. The van der Waals surface area contributed by atoms with Gasteiger partial charge in [0.05, 0.1) is 0 Å². The lowest BCUT2D eigenvalue weighted by atomic mass is 10.1. The van der Waals surface area contributed by atoms with Gasteiger partial charge in [-0.05, 0) is 31.0 Å². The van der Waals surface area contributed by atoms with Crippen molar-refractivity contribution in [3.05, 3.63) is 28.8 Å². The van der Waals surface area contributed by atoms with Crippen LogP contribution in [0.1, 0.15) is 42.5 Å². The third-order valence-corrected chi connectivity index (χ3v) is 3.95. The van der Waals surface area contributed by atoms with Gasteiger partial charge in [0.1, 0.15) is 11.3 Å². The van der Waals surface area contributed by atoms with Crippen LogP contribution in [0.4, 0.5) is 0 Å². The molecule has 1 amide bonds. The van der Waals surface area contributed by atoms with Crippen molar-refractivity contribution in [1.29, 1.82) is 0 Å². The largest absolute Gasteiger partial charge is 0.507 e. The molecule has 1 aliphatic heterocycles. The predicted octanol–water partition coefficient (Wildman–Crippen LogP) is 3.00. The van der Waals surface area contributed by atoms with Crippen LogP contribution in [0, 0.1) is 0 Å². The van der Waals surface area contributed by atoms with Gasteiger partial charge in [-0.25, -0.2) is 4.79 Å². The van der Waals surface area contributed by atoms with E-state index in [-0.39, 0.29) is 23.8 Å². The number of ether oxygens (including phenoxy) is 1. The molecule has 1 aliphatic rings. The van der Waals surface area contributed by atoms with Gasteiger partial charge in [-0.2, -0.15) is 0 Å². The molecule has 1 heterocycles. The highest BCUT2D eigenvalue weighted by atomic mass is 35.5. The van der Waals surface area contributed by atoms with Crippen molar-refractivity contribution in [3.8, 4) is 5.75 Å². The fourth-order valence-corrected chi connectivity index (χ4v) is 2.64. The number of carbonyl (C=O) groups is 2. The molecule has 1 aromatic rings. The Morgan fingerprint density at radius 3 is 2.45 bits per heavy atom. The predicted molar refractivity (Wildman–Crippen MR) is 83.1 cm³/mol. The molecule has 0 aliphatic carbocycles. The molecular formula is C16H20ClNO4. The highest BCUT2D eigenvalue weighted by Gasteiger charge is 2.19. The maximum Gasteiger partial charge on any atom is 0.342 e. The van der Waals surface area contributed by atoms with Crippen molar-refractivity contribution in [3.63, 3.8) is 0 Å². The number of hydrogen-bond donors (Lipinski definition) is 1. The number of aromatic hydroxyl groups is 1. The number of hydrogen-bond acceptors (Lipinski definition) is 4. The molecule has 22 heavy (non-hydrogen) atoms. The summed E-state index contributed by atoms with van der Waals surface area (Å²) < 4.78 is 5.00. The van der Waals surface area contributed by atoms with Crippen molar-refractivity contribution in [1.82, 2.24) is 4.90 Å². The van der Waals surface area contributed by atoms with Gasteiger partial charge in [-0.1, -0.05) is 30.9 Å². The number of esters is 1. The van der Waals surface area contributed by atoms with Gasteiger partial charge in [0, 0.05) is 18.1 Å². The molecule has 120 valence electrons. The molecule has 1 N–H and O–H groups in total.